The van der Waals surface area contributed by atoms with Gasteiger partial charge in [0.1, 0.15) is 0 Å². The van der Waals surface area contributed by atoms with E-state index in [1.807, 2.05) is 71.4 Å². The molecule has 6 heteroatoms. The highest BCUT2D eigenvalue weighted by atomic mass is 32.1. The molecule has 0 bridgehead atoms. The summed E-state index contributed by atoms with van der Waals surface area (Å²) < 4.78 is 2.98. The largest absolute Gasteiger partial charge is 0.338 e. The fourth-order valence-electron chi connectivity index (χ4n) is 4.38. The van der Waals surface area contributed by atoms with Crippen molar-refractivity contribution in [1.29, 1.82) is 0 Å². The smallest absolute Gasteiger partial charge is 0.211 e. The number of nitrogens with one attached hydrogen (secondary N) is 1. The van der Waals surface area contributed by atoms with Crippen molar-refractivity contribution in [2.45, 2.75) is 18.8 Å². The number of fused-ring (bicyclic) bond motifs is 2. The van der Waals surface area contributed by atoms with Gasteiger partial charge in [-0.1, -0.05) is 72.0 Å². The van der Waals surface area contributed by atoms with Gasteiger partial charge in [0, 0.05) is 12.1 Å². The van der Waals surface area contributed by atoms with Crippen molar-refractivity contribution in [2.24, 2.45) is 0 Å². The molecular formula is C26H20N4OS. The van der Waals surface area contributed by atoms with Crippen LogP contribution in [0.15, 0.2) is 84.9 Å². The third-order valence-electron chi connectivity index (χ3n) is 5.90. The van der Waals surface area contributed by atoms with E-state index in [1.165, 1.54) is 5.56 Å². The quantitative estimate of drug-likeness (QED) is 0.368. The summed E-state index contributed by atoms with van der Waals surface area (Å²) in [7, 11) is 0. The summed E-state index contributed by atoms with van der Waals surface area (Å²) >= 11 is 1.59. The summed E-state index contributed by atoms with van der Waals surface area (Å²) in [6.07, 6.45) is 1.22. The van der Waals surface area contributed by atoms with E-state index >= 15 is 0 Å². The normalized spacial score (nSPS) is 15.6. The van der Waals surface area contributed by atoms with Crippen LogP contribution in [0.1, 0.15) is 34.0 Å². The standard InChI is InChI=1S/C26H20N4OS/c31-22-16-18(17-9-3-1-4-10-17)15-21-24(22)25(27-19-11-5-2-6-12-19)29-30(21)26-28-20-13-7-8-14-23(20)32-26/h1-14,18H,15-16H2,(H,27,29)/t18-/m1/s1. The number of anilines is 2. The van der Waals surface area contributed by atoms with Gasteiger partial charge >= 0.3 is 0 Å². The molecule has 0 amide bonds. The fraction of sp³-hybridized carbons (Fsp3) is 0.115. The Kier molecular flexibility index (Phi) is 4.58. The second kappa shape index (κ2) is 7.73. The Labute approximate surface area is 189 Å². The van der Waals surface area contributed by atoms with Crippen LogP contribution in [0.4, 0.5) is 11.5 Å². The Morgan fingerprint density at radius 2 is 1.59 bits per heavy atom. The topological polar surface area (TPSA) is 59.8 Å². The second-order valence-corrected chi connectivity index (χ2v) is 8.99. The van der Waals surface area contributed by atoms with Gasteiger partial charge in [0.25, 0.3) is 0 Å². The van der Waals surface area contributed by atoms with Crippen molar-refractivity contribution in [3.05, 3.63) is 102 Å². The zero-order chi connectivity index (χ0) is 21.5. The summed E-state index contributed by atoms with van der Waals surface area (Å²) in [6.45, 7) is 0. The number of hydrogen-bond donors (Lipinski definition) is 1. The third-order valence-corrected chi connectivity index (χ3v) is 6.91. The number of rotatable bonds is 4. The Balaban J connectivity index is 1.49. The minimum absolute atomic E-state index is 0.117. The Morgan fingerprint density at radius 1 is 0.875 bits per heavy atom. The van der Waals surface area contributed by atoms with Gasteiger partial charge in [-0.2, -0.15) is 0 Å². The third kappa shape index (κ3) is 3.29. The molecule has 2 heterocycles. The molecule has 0 spiro atoms. The SMILES string of the molecule is O=C1C[C@H](c2ccccc2)Cc2c1c(Nc1ccccc1)nn2-c1nc2ccccc2s1. The molecule has 1 aliphatic rings. The molecule has 5 nitrogen and oxygen atoms in total. The molecule has 6 rings (SSSR count). The first-order valence-corrected chi connectivity index (χ1v) is 11.5. The van der Waals surface area contributed by atoms with Crippen LogP contribution in [0.2, 0.25) is 0 Å². The van der Waals surface area contributed by atoms with Gasteiger partial charge in [0.2, 0.25) is 5.13 Å². The molecule has 0 saturated heterocycles. The maximum absolute atomic E-state index is 13.4. The van der Waals surface area contributed by atoms with Crippen molar-refractivity contribution in [2.75, 3.05) is 5.32 Å². The maximum Gasteiger partial charge on any atom is 0.211 e. The molecule has 0 unspecified atom stereocenters. The Bertz CT molecular complexity index is 1390. The number of para-hydroxylation sites is 2. The van der Waals surface area contributed by atoms with E-state index in [0.29, 0.717) is 17.8 Å². The van der Waals surface area contributed by atoms with Crippen LogP contribution in [0, 0.1) is 0 Å². The molecular weight excluding hydrogens is 416 g/mol. The Morgan fingerprint density at radius 3 is 2.38 bits per heavy atom. The van der Waals surface area contributed by atoms with Gasteiger partial charge < -0.3 is 5.32 Å². The summed E-state index contributed by atoms with van der Waals surface area (Å²) in [5.74, 6) is 0.846. The zero-order valence-electron chi connectivity index (χ0n) is 17.2. The molecule has 1 N–H and O–H groups in total. The molecule has 5 aromatic rings. The number of Topliss-reactive ketones (excluding diaryl/α,β-unsaturated/α-hetero) is 1. The van der Waals surface area contributed by atoms with E-state index in [9.17, 15) is 4.79 Å². The fourth-order valence-corrected chi connectivity index (χ4v) is 5.32. The number of hydrogen-bond acceptors (Lipinski definition) is 5. The molecule has 32 heavy (non-hydrogen) atoms. The van der Waals surface area contributed by atoms with Gasteiger partial charge in [-0.15, -0.1) is 5.10 Å². The van der Waals surface area contributed by atoms with Crippen LogP contribution < -0.4 is 5.32 Å². The van der Waals surface area contributed by atoms with E-state index in [4.69, 9.17) is 10.1 Å². The molecule has 0 aliphatic heterocycles. The lowest BCUT2D eigenvalue weighted by atomic mass is 9.82. The molecule has 0 saturated carbocycles. The first kappa shape index (κ1) is 19.0. The highest BCUT2D eigenvalue weighted by Gasteiger charge is 2.34. The first-order chi connectivity index (χ1) is 15.8. The second-order valence-electron chi connectivity index (χ2n) is 7.98. The lowest BCUT2D eigenvalue weighted by Gasteiger charge is -2.22. The number of aromatic nitrogens is 3. The molecule has 1 aliphatic carbocycles. The Hall–Kier alpha value is -3.77. The maximum atomic E-state index is 13.4. The number of benzene rings is 3. The molecule has 2 aromatic heterocycles. The van der Waals surface area contributed by atoms with E-state index in [-0.39, 0.29) is 11.7 Å². The molecule has 156 valence electrons. The van der Waals surface area contributed by atoms with Crippen molar-refractivity contribution in [3.63, 3.8) is 0 Å². The minimum Gasteiger partial charge on any atom is -0.338 e. The summed E-state index contributed by atoms with van der Waals surface area (Å²) in [5, 5.41) is 9.01. The first-order valence-electron chi connectivity index (χ1n) is 10.6. The van der Waals surface area contributed by atoms with Crippen molar-refractivity contribution >= 4 is 38.8 Å². The van der Waals surface area contributed by atoms with Gasteiger partial charge in [-0.05, 0) is 42.2 Å². The molecule has 0 fully saturated rings. The van der Waals surface area contributed by atoms with Gasteiger partial charge in [-0.3, -0.25) is 4.79 Å². The van der Waals surface area contributed by atoms with Crippen LogP contribution in [0.5, 0.6) is 0 Å². The summed E-state index contributed by atoms with van der Waals surface area (Å²) in [4.78, 5) is 18.2. The summed E-state index contributed by atoms with van der Waals surface area (Å²) in [5.41, 5.74) is 4.63. The highest BCUT2D eigenvalue weighted by molar-refractivity contribution is 7.20. The van der Waals surface area contributed by atoms with E-state index < -0.39 is 0 Å². The number of ketones is 1. The monoisotopic (exact) mass is 436 g/mol. The van der Waals surface area contributed by atoms with Crippen molar-refractivity contribution < 1.29 is 4.79 Å². The zero-order valence-corrected chi connectivity index (χ0v) is 18.0. The lowest BCUT2D eigenvalue weighted by Crippen LogP contribution is -2.20. The van der Waals surface area contributed by atoms with Crippen molar-refractivity contribution in [1.82, 2.24) is 14.8 Å². The highest BCUT2D eigenvalue weighted by Crippen LogP contribution is 2.39. The van der Waals surface area contributed by atoms with Gasteiger partial charge in [0.05, 0.1) is 21.5 Å². The van der Waals surface area contributed by atoms with Crippen LogP contribution in [0.3, 0.4) is 0 Å². The average molecular weight is 437 g/mol. The van der Waals surface area contributed by atoms with Crippen LogP contribution in [0.25, 0.3) is 15.3 Å². The molecule has 1 atom stereocenters. The van der Waals surface area contributed by atoms with Crippen LogP contribution >= 0.6 is 11.3 Å². The van der Waals surface area contributed by atoms with Gasteiger partial charge in [-0.25, -0.2) is 9.67 Å². The predicted molar refractivity (Wildman–Crippen MR) is 128 cm³/mol. The number of thiazole rings is 1. The number of carbonyl (C=O) groups excluding carboxylic acids is 1. The average Bonchev–Trinajstić information content (AvgIpc) is 3.42. The predicted octanol–water partition coefficient (Wildman–Crippen LogP) is 6.14. The van der Waals surface area contributed by atoms with Crippen LogP contribution in [-0.4, -0.2) is 20.5 Å². The minimum atomic E-state index is 0.117. The van der Waals surface area contributed by atoms with E-state index in [0.717, 1.165) is 33.2 Å². The number of carbonyl (C=O) groups is 1. The number of nitrogens with zero attached hydrogens (tertiary/aromatic N) is 3. The van der Waals surface area contributed by atoms with Crippen LogP contribution in [-0.2, 0) is 6.42 Å². The van der Waals surface area contributed by atoms with Crippen molar-refractivity contribution in [3.8, 4) is 5.13 Å². The molecule has 3 aromatic carbocycles. The van der Waals surface area contributed by atoms with E-state index in [2.05, 4.69) is 23.5 Å². The van der Waals surface area contributed by atoms with Gasteiger partial charge in [0.15, 0.2) is 11.6 Å². The molecule has 0 radical (unpaired) electrons. The van der Waals surface area contributed by atoms with E-state index in [1.54, 1.807) is 11.3 Å². The lowest BCUT2D eigenvalue weighted by molar-refractivity contribution is 0.0964. The summed E-state index contributed by atoms with van der Waals surface area (Å²) in [6, 6.07) is 28.2.